The van der Waals surface area contributed by atoms with E-state index < -0.39 is 0 Å². The van der Waals surface area contributed by atoms with Crippen LogP contribution >= 0.6 is 12.6 Å². The van der Waals surface area contributed by atoms with E-state index in [1.807, 2.05) is 0 Å². The molecule has 0 spiro atoms. The van der Waals surface area contributed by atoms with Gasteiger partial charge in [0.05, 0.1) is 0 Å². The number of hydrogen-bond acceptors (Lipinski definition) is 2. The Kier molecular flexibility index (Phi) is 3.59. The molecule has 0 amide bonds. The Morgan fingerprint density at radius 1 is 1.44 bits per heavy atom. The number of rotatable bonds is 2. The smallest absolute Gasteiger partial charge is 0.00360 e. The average molecular weight is 147 g/mol. The molecular formula is C7H17NS. The lowest BCUT2D eigenvalue weighted by Gasteiger charge is -2.27. The first-order valence-electron chi connectivity index (χ1n) is 3.33. The van der Waals surface area contributed by atoms with E-state index in [0.29, 0.717) is 11.3 Å². The van der Waals surface area contributed by atoms with Crippen molar-refractivity contribution in [3.8, 4) is 0 Å². The van der Waals surface area contributed by atoms with E-state index in [4.69, 9.17) is 5.73 Å². The number of hydrogen-bond donors (Lipinski definition) is 2. The van der Waals surface area contributed by atoms with Crippen LogP contribution in [0.15, 0.2) is 0 Å². The Morgan fingerprint density at radius 3 is 1.89 bits per heavy atom. The molecule has 2 heteroatoms. The fourth-order valence-electron chi connectivity index (χ4n) is 0.702. The molecular weight excluding hydrogens is 130 g/mol. The molecule has 0 aromatic carbocycles. The number of thiol groups is 1. The van der Waals surface area contributed by atoms with Gasteiger partial charge in [-0.25, -0.2) is 0 Å². The summed E-state index contributed by atoms with van der Waals surface area (Å²) >= 11 is 4.21. The lowest BCUT2D eigenvalue weighted by Crippen LogP contribution is -2.29. The van der Waals surface area contributed by atoms with Crippen LogP contribution in [0, 0.1) is 11.3 Å². The van der Waals surface area contributed by atoms with Gasteiger partial charge in [-0.1, -0.05) is 20.8 Å². The van der Waals surface area contributed by atoms with Crippen LogP contribution in [0.3, 0.4) is 0 Å². The third-order valence-electron chi connectivity index (χ3n) is 1.73. The van der Waals surface area contributed by atoms with Crippen LogP contribution in [0.2, 0.25) is 0 Å². The zero-order valence-corrected chi connectivity index (χ0v) is 7.41. The summed E-state index contributed by atoms with van der Waals surface area (Å²) in [6.07, 6.45) is 0. The normalized spacial score (nSPS) is 15.7. The first-order chi connectivity index (χ1) is 4.02. The van der Waals surface area contributed by atoms with E-state index in [9.17, 15) is 0 Å². The highest BCUT2D eigenvalue weighted by Gasteiger charge is 2.20. The second-order valence-electron chi connectivity index (χ2n) is 3.48. The third kappa shape index (κ3) is 3.11. The van der Waals surface area contributed by atoms with Crippen LogP contribution in [0.4, 0.5) is 0 Å². The predicted molar refractivity (Wildman–Crippen MR) is 45.9 cm³/mol. The zero-order chi connectivity index (χ0) is 7.49. The second-order valence-corrected chi connectivity index (χ2v) is 3.85. The van der Waals surface area contributed by atoms with Gasteiger partial charge < -0.3 is 5.73 Å². The summed E-state index contributed by atoms with van der Waals surface area (Å²) in [5.74, 6) is 1.43. The molecule has 0 saturated carbocycles. The molecule has 1 unspecified atom stereocenters. The van der Waals surface area contributed by atoms with Gasteiger partial charge in [-0.15, -0.1) is 0 Å². The van der Waals surface area contributed by atoms with E-state index in [1.165, 1.54) is 0 Å². The largest absolute Gasteiger partial charge is 0.330 e. The summed E-state index contributed by atoms with van der Waals surface area (Å²) in [6, 6.07) is 0. The molecule has 0 aromatic heterocycles. The van der Waals surface area contributed by atoms with Gasteiger partial charge in [0.15, 0.2) is 0 Å². The summed E-state index contributed by atoms with van der Waals surface area (Å²) < 4.78 is 0. The van der Waals surface area contributed by atoms with E-state index in [0.717, 1.165) is 12.3 Å². The van der Waals surface area contributed by atoms with Gasteiger partial charge in [0, 0.05) is 0 Å². The average Bonchev–Trinajstić information content (AvgIpc) is 1.65. The van der Waals surface area contributed by atoms with Gasteiger partial charge in [-0.2, -0.15) is 12.6 Å². The molecule has 1 atom stereocenters. The van der Waals surface area contributed by atoms with Gasteiger partial charge in [-0.3, -0.25) is 0 Å². The van der Waals surface area contributed by atoms with Crippen molar-refractivity contribution in [2.24, 2.45) is 17.1 Å². The molecule has 9 heavy (non-hydrogen) atoms. The van der Waals surface area contributed by atoms with Crippen molar-refractivity contribution >= 4 is 12.6 Å². The minimum atomic E-state index is 0.316. The summed E-state index contributed by atoms with van der Waals surface area (Å²) in [6.45, 7) is 7.33. The molecule has 0 radical (unpaired) electrons. The highest BCUT2D eigenvalue weighted by atomic mass is 32.1. The van der Waals surface area contributed by atoms with Crippen LogP contribution in [-0.4, -0.2) is 12.3 Å². The van der Waals surface area contributed by atoms with E-state index in [-0.39, 0.29) is 0 Å². The molecule has 0 rings (SSSR count). The van der Waals surface area contributed by atoms with E-state index >= 15 is 0 Å². The second kappa shape index (κ2) is 3.47. The zero-order valence-electron chi connectivity index (χ0n) is 6.52. The molecule has 0 bridgehead atoms. The first-order valence-corrected chi connectivity index (χ1v) is 3.96. The predicted octanol–water partition coefficient (Wildman–Crippen LogP) is 1.54. The monoisotopic (exact) mass is 147 g/mol. The molecule has 0 aliphatic heterocycles. The molecule has 2 N–H and O–H groups in total. The fraction of sp³-hybridized carbons (Fsp3) is 1.00. The Balaban J connectivity index is 3.79. The highest BCUT2D eigenvalue weighted by Crippen LogP contribution is 2.25. The molecule has 56 valence electrons. The van der Waals surface area contributed by atoms with Crippen molar-refractivity contribution in [2.75, 3.05) is 12.3 Å². The van der Waals surface area contributed by atoms with Crippen LogP contribution < -0.4 is 5.73 Å². The maximum absolute atomic E-state index is 5.52. The Bertz CT molecular complexity index is 71.5. The maximum Gasteiger partial charge on any atom is -0.00360 e. The van der Waals surface area contributed by atoms with Gasteiger partial charge in [0.25, 0.3) is 0 Å². The van der Waals surface area contributed by atoms with Crippen molar-refractivity contribution in [3.05, 3.63) is 0 Å². The Hall–Kier alpha value is 0.310. The van der Waals surface area contributed by atoms with Crippen LogP contribution in [0.25, 0.3) is 0 Å². The Morgan fingerprint density at radius 2 is 1.89 bits per heavy atom. The van der Waals surface area contributed by atoms with Crippen molar-refractivity contribution in [1.29, 1.82) is 0 Å². The maximum atomic E-state index is 5.52. The highest BCUT2D eigenvalue weighted by molar-refractivity contribution is 7.80. The summed E-state index contributed by atoms with van der Waals surface area (Å²) in [4.78, 5) is 0. The molecule has 0 aliphatic carbocycles. The van der Waals surface area contributed by atoms with Gasteiger partial charge >= 0.3 is 0 Å². The van der Waals surface area contributed by atoms with Crippen LogP contribution in [-0.2, 0) is 0 Å². The summed E-state index contributed by atoms with van der Waals surface area (Å²) in [5.41, 5.74) is 5.84. The van der Waals surface area contributed by atoms with Gasteiger partial charge in [0.1, 0.15) is 0 Å². The van der Waals surface area contributed by atoms with Gasteiger partial charge in [0.2, 0.25) is 0 Å². The Labute approximate surface area is 63.4 Å². The summed E-state index contributed by atoms with van der Waals surface area (Å²) in [7, 11) is 0. The molecule has 0 aromatic rings. The SMILES string of the molecule is CC(C)(C)C(CN)CS. The first kappa shape index (κ1) is 9.31. The fourth-order valence-corrected chi connectivity index (χ4v) is 1.40. The standard InChI is InChI=1S/C7H17NS/c1-7(2,3)6(4-8)5-9/h6,9H,4-5,8H2,1-3H3. The van der Waals surface area contributed by atoms with Crippen LogP contribution in [0.5, 0.6) is 0 Å². The lowest BCUT2D eigenvalue weighted by molar-refractivity contribution is 0.274. The van der Waals surface area contributed by atoms with E-state index in [1.54, 1.807) is 0 Å². The minimum absolute atomic E-state index is 0.316. The third-order valence-corrected chi connectivity index (χ3v) is 2.17. The molecule has 1 nitrogen and oxygen atoms in total. The van der Waals surface area contributed by atoms with Crippen molar-refractivity contribution in [1.82, 2.24) is 0 Å². The lowest BCUT2D eigenvalue weighted by atomic mass is 9.82. The molecule has 0 heterocycles. The van der Waals surface area contributed by atoms with Crippen molar-refractivity contribution < 1.29 is 0 Å². The summed E-state index contributed by atoms with van der Waals surface area (Å²) in [5, 5.41) is 0. The van der Waals surface area contributed by atoms with Gasteiger partial charge in [-0.05, 0) is 23.6 Å². The molecule has 0 fully saturated rings. The topological polar surface area (TPSA) is 26.0 Å². The molecule has 0 saturated heterocycles. The van der Waals surface area contributed by atoms with E-state index in [2.05, 4.69) is 33.4 Å². The minimum Gasteiger partial charge on any atom is -0.330 e. The van der Waals surface area contributed by atoms with Crippen molar-refractivity contribution in [2.45, 2.75) is 20.8 Å². The van der Waals surface area contributed by atoms with Crippen molar-refractivity contribution in [3.63, 3.8) is 0 Å². The molecule has 0 aliphatic rings. The number of nitrogens with two attached hydrogens (primary N) is 1. The van der Waals surface area contributed by atoms with Crippen LogP contribution in [0.1, 0.15) is 20.8 Å². The quantitative estimate of drug-likeness (QED) is 0.569.